The Balaban J connectivity index is 2.14. The Hall–Kier alpha value is -2.88. The molecule has 1 heterocycles. The Morgan fingerprint density at radius 2 is 1.78 bits per heavy atom. The fourth-order valence-electron chi connectivity index (χ4n) is 3.57. The molecule has 0 bridgehead atoms. The highest BCUT2D eigenvalue weighted by molar-refractivity contribution is 9.10. The summed E-state index contributed by atoms with van der Waals surface area (Å²) in [5.41, 5.74) is 0.886. The molecule has 1 aliphatic rings. The summed E-state index contributed by atoms with van der Waals surface area (Å²) in [4.78, 5) is 27.3. The fraction of sp³-hybridized carbons (Fsp3) is 0.304. The number of ether oxygens (including phenoxy) is 3. The molecule has 2 aromatic rings. The van der Waals surface area contributed by atoms with E-state index < -0.39 is 17.7 Å². The second-order valence-corrected chi connectivity index (χ2v) is 7.86. The van der Waals surface area contributed by atoms with Crippen LogP contribution in [0.2, 0.25) is 0 Å². The molecule has 32 heavy (non-hydrogen) atoms. The molecule has 170 valence electrons. The predicted octanol–water partition coefficient (Wildman–Crippen LogP) is 2.90. The van der Waals surface area contributed by atoms with E-state index >= 15 is 0 Å². The van der Waals surface area contributed by atoms with E-state index in [1.807, 2.05) is 0 Å². The number of hydrogen-bond acceptors (Lipinski definition) is 7. The molecule has 1 aliphatic heterocycles. The van der Waals surface area contributed by atoms with Gasteiger partial charge in [0, 0.05) is 28.2 Å². The number of carbonyl (C=O) groups is 2. The van der Waals surface area contributed by atoms with Crippen molar-refractivity contribution >= 4 is 33.4 Å². The van der Waals surface area contributed by atoms with Gasteiger partial charge in [-0.15, -0.1) is 0 Å². The first kappa shape index (κ1) is 23.8. The van der Waals surface area contributed by atoms with Gasteiger partial charge in [-0.1, -0.05) is 28.1 Å². The minimum Gasteiger partial charge on any atom is -0.507 e. The van der Waals surface area contributed by atoms with Gasteiger partial charge in [-0.05, 0) is 24.3 Å². The number of aliphatic hydroxyl groups excluding tert-OH is 2. The normalized spacial score (nSPS) is 17.6. The van der Waals surface area contributed by atoms with Crippen molar-refractivity contribution in [3.8, 4) is 11.5 Å². The maximum absolute atomic E-state index is 13.0. The summed E-state index contributed by atoms with van der Waals surface area (Å²) in [6.45, 7) is 0.153. The molecule has 8 nitrogen and oxygen atoms in total. The van der Waals surface area contributed by atoms with E-state index in [0.29, 0.717) is 22.6 Å². The lowest BCUT2D eigenvalue weighted by Crippen LogP contribution is -2.33. The highest BCUT2D eigenvalue weighted by atomic mass is 79.9. The molecule has 3 rings (SSSR count). The second kappa shape index (κ2) is 10.6. The number of carbonyl (C=O) groups excluding carboxylic acids is 2. The first-order chi connectivity index (χ1) is 15.4. The Kier molecular flexibility index (Phi) is 7.89. The van der Waals surface area contributed by atoms with Gasteiger partial charge in [0.05, 0.1) is 45.7 Å². The van der Waals surface area contributed by atoms with Crippen LogP contribution in [-0.2, 0) is 14.3 Å². The summed E-state index contributed by atoms with van der Waals surface area (Å²) >= 11 is 3.34. The molecule has 0 aromatic heterocycles. The van der Waals surface area contributed by atoms with Gasteiger partial charge < -0.3 is 29.3 Å². The summed E-state index contributed by atoms with van der Waals surface area (Å²) in [7, 11) is 3.00. The van der Waals surface area contributed by atoms with Crippen molar-refractivity contribution < 1.29 is 34.0 Å². The fourth-order valence-corrected chi connectivity index (χ4v) is 3.84. The number of hydrogen-bond donors (Lipinski definition) is 2. The summed E-state index contributed by atoms with van der Waals surface area (Å²) < 4.78 is 16.9. The summed E-state index contributed by atoms with van der Waals surface area (Å²) in [5, 5.41) is 20.0. The number of rotatable bonds is 9. The van der Waals surface area contributed by atoms with E-state index in [-0.39, 0.29) is 37.7 Å². The molecule has 0 saturated carbocycles. The Bertz CT molecular complexity index is 1020. The van der Waals surface area contributed by atoms with Crippen molar-refractivity contribution in [2.45, 2.75) is 6.04 Å². The zero-order chi connectivity index (χ0) is 23.3. The van der Waals surface area contributed by atoms with Crippen LogP contribution < -0.4 is 9.47 Å². The van der Waals surface area contributed by atoms with Gasteiger partial charge in [-0.3, -0.25) is 9.59 Å². The van der Waals surface area contributed by atoms with Crippen LogP contribution in [0, 0.1) is 0 Å². The molecule has 1 amide bonds. The first-order valence-corrected chi connectivity index (χ1v) is 10.7. The SMILES string of the molecule is COc1ccc(C2C(=C(O)c3ccc(Br)cc3)C(=O)C(=O)N2CCOCCO)c(OC)c1. The number of benzene rings is 2. The van der Waals surface area contributed by atoms with E-state index in [2.05, 4.69) is 15.9 Å². The molecule has 2 N–H and O–H groups in total. The Labute approximate surface area is 194 Å². The van der Waals surface area contributed by atoms with E-state index in [0.717, 1.165) is 4.47 Å². The van der Waals surface area contributed by atoms with Crippen LogP contribution in [-0.4, -0.2) is 67.4 Å². The molecule has 1 fully saturated rings. The smallest absolute Gasteiger partial charge is 0.295 e. The lowest BCUT2D eigenvalue weighted by molar-refractivity contribution is -0.140. The molecule has 1 unspecified atom stereocenters. The van der Waals surface area contributed by atoms with Crippen molar-refractivity contribution in [2.75, 3.05) is 40.6 Å². The molecule has 2 aromatic carbocycles. The van der Waals surface area contributed by atoms with Crippen molar-refractivity contribution in [2.24, 2.45) is 0 Å². The van der Waals surface area contributed by atoms with Crippen LogP contribution in [0.4, 0.5) is 0 Å². The maximum Gasteiger partial charge on any atom is 0.295 e. The van der Waals surface area contributed by atoms with Gasteiger partial charge in [0.25, 0.3) is 11.7 Å². The second-order valence-electron chi connectivity index (χ2n) is 6.94. The molecule has 0 aliphatic carbocycles. The maximum atomic E-state index is 13.0. The molecule has 9 heteroatoms. The standard InChI is InChI=1S/C23H24BrNO7/c1-30-16-7-8-17(18(13-16)31-2)20-19(21(27)14-3-5-15(24)6-4-14)22(28)23(29)25(20)9-11-32-12-10-26/h3-8,13,20,26-27H,9-12H2,1-2H3. The number of halogens is 1. The monoisotopic (exact) mass is 505 g/mol. The number of ketones is 1. The molecule has 1 saturated heterocycles. The summed E-state index contributed by atoms with van der Waals surface area (Å²) in [6, 6.07) is 10.9. The molecule has 0 spiro atoms. The number of aliphatic hydroxyl groups is 2. The van der Waals surface area contributed by atoms with Gasteiger partial charge in [-0.25, -0.2) is 0 Å². The highest BCUT2D eigenvalue weighted by Crippen LogP contribution is 2.43. The van der Waals surface area contributed by atoms with Crippen LogP contribution in [0.3, 0.4) is 0 Å². The van der Waals surface area contributed by atoms with Gasteiger partial charge in [0.2, 0.25) is 0 Å². The Morgan fingerprint density at radius 3 is 2.41 bits per heavy atom. The number of nitrogens with zero attached hydrogens (tertiary/aromatic N) is 1. The average Bonchev–Trinajstić information content (AvgIpc) is 3.06. The van der Waals surface area contributed by atoms with E-state index in [9.17, 15) is 14.7 Å². The lowest BCUT2D eigenvalue weighted by atomic mass is 9.94. The van der Waals surface area contributed by atoms with Crippen molar-refractivity contribution in [1.29, 1.82) is 0 Å². The summed E-state index contributed by atoms with van der Waals surface area (Å²) in [5.74, 6) is -0.881. The predicted molar refractivity (Wildman–Crippen MR) is 121 cm³/mol. The van der Waals surface area contributed by atoms with Gasteiger partial charge >= 0.3 is 0 Å². The number of amides is 1. The van der Waals surface area contributed by atoms with Crippen LogP contribution in [0.1, 0.15) is 17.2 Å². The Morgan fingerprint density at radius 1 is 1.06 bits per heavy atom. The van der Waals surface area contributed by atoms with Gasteiger partial charge in [0.15, 0.2) is 0 Å². The van der Waals surface area contributed by atoms with E-state index in [1.54, 1.807) is 42.5 Å². The third kappa shape index (κ3) is 4.79. The molecular formula is C23H24BrNO7. The zero-order valence-electron chi connectivity index (χ0n) is 17.7. The lowest BCUT2D eigenvalue weighted by Gasteiger charge is -2.26. The molecular weight excluding hydrogens is 482 g/mol. The third-order valence-electron chi connectivity index (χ3n) is 5.11. The third-order valence-corrected chi connectivity index (χ3v) is 5.63. The largest absolute Gasteiger partial charge is 0.507 e. The average molecular weight is 506 g/mol. The highest BCUT2D eigenvalue weighted by Gasteiger charge is 2.47. The minimum absolute atomic E-state index is 0.0389. The number of methoxy groups -OCH3 is 2. The van der Waals surface area contributed by atoms with Crippen molar-refractivity contribution in [3.05, 3.63) is 63.6 Å². The van der Waals surface area contributed by atoms with Crippen LogP contribution in [0.25, 0.3) is 5.76 Å². The minimum atomic E-state index is -0.891. The van der Waals surface area contributed by atoms with Gasteiger partial charge in [0.1, 0.15) is 17.3 Å². The molecule has 1 atom stereocenters. The van der Waals surface area contributed by atoms with Gasteiger partial charge in [-0.2, -0.15) is 0 Å². The van der Waals surface area contributed by atoms with Crippen LogP contribution in [0.5, 0.6) is 11.5 Å². The van der Waals surface area contributed by atoms with E-state index in [4.69, 9.17) is 19.3 Å². The summed E-state index contributed by atoms with van der Waals surface area (Å²) in [6.07, 6.45) is 0. The van der Waals surface area contributed by atoms with Crippen molar-refractivity contribution in [1.82, 2.24) is 4.90 Å². The van der Waals surface area contributed by atoms with Crippen molar-refractivity contribution in [3.63, 3.8) is 0 Å². The zero-order valence-corrected chi connectivity index (χ0v) is 19.3. The quantitative estimate of drug-likeness (QED) is 0.233. The first-order valence-electron chi connectivity index (χ1n) is 9.87. The van der Waals surface area contributed by atoms with Crippen LogP contribution >= 0.6 is 15.9 Å². The number of likely N-dealkylation sites (tertiary alicyclic amines) is 1. The number of Topliss-reactive ketones (excluding diaryl/α,β-unsaturated/α-hetero) is 1. The topological polar surface area (TPSA) is 106 Å². The molecule has 0 radical (unpaired) electrons. The van der Waals surface area contributed by atoms with Crippen LogP contribution in [0.15, 0.2) is 52.5 Å². The van der Waals surface area contributed by atoms with E-state index in [1.165, 1.54) is 19.1 Å².